The monoisotopic (exact) mass is 316 g/mol. The first-order valence-electron chi connectivity index (χ1n) is 7.08. The Bertz CT molecular complexity index is 406. The molecule has 1 N–H and O–H groups in total. The van der Waals surface area contributed by atoms with Gasteiger partial charge in [0.25, 0.3) is 0 Å². The second kappa shape index (κ2) is 7.68. The average Bonchev–Trinajstić information content (AvgIpc) is 2.34. The Kier molecular flexibility index (Phi) is 6.51. The topological polar surface area (TPSA) is 75.7 Å². The average molecular weight is 316 g/mol. The zero-order valence-electron chi connectivity index (χ0n) is 13.1. The molecular weight excluding hydrogens is 292 g/mol. The van der Waals surface area contributed by atoms with Crippen LogP contribution >= 0.6 is 11.8 Å². The summed E-state index contributed by atoms with van der Waals surface area (Å²) in [7, 11) is 0. The van der Waals surface area contributed by atoms with E-state index in [1.807, 2.05) is 20.8 Å². The van der Waals surface area contributed by atoms with Crippen LogP contribution in [0.2, 0.25) is 0 Å². The van der Waals surface area contributed by atoms with Crippen LogP contribution in [0.1, 0.15) is 40.5 Å². The molecule has 7 heteroatoms. The van der Waals surface area contributed by atoms with Gasteiger partial charge >= 0.3 is 6.09 Å². The number of carbonyl (C=O) groups excluding carboxylic acids is 3. The van der Waals surface area contributed by atoms with Gasteiger partial charge in [-0.3, -0.25) is 9.59 Å². The summed E-state index contributed by atoms with van der Waals surface area (Å²) in [5, 5.41) is 2.78. The molecule has 1 fully saturated rings. The van der Waals surface area contributed by atoms with Gasteiger partial charge in [0, 0.05) is 26.1 Å². The van der Waals surface area contributed by atoms with E-state index in [1.165, 1.54) is 6.92 Å². The zero-order valence-corrected chi connectivity index (χ0v) is 13.9. The molecule has 0 spiro atoms. The maximum Gasteiger partial charge on any atom is 0.410 e. The minimum atomic E-state index is -0.522. The lowest BCUT2D eigenvalue weighted by Crippen LogP contribution is -2.51. The maximum atomic E-state index is 12.0. The third-order valence-electron chi connectivity index (χ3n) is 2.84. The lowest BCUT2D eigenvalue weighted by Gasteiger charge is -2.34. The predicted molar refractivity (Wildman–Crippen MR) is 82.1 cm³/mol. The number of hydrogen-bond donors (Lipinski definition) is 1. The van der Waals surface area contributed by atoms with E-state index in [0.29, 0.717) is 13.1 Å². The summed E-state index contributed by atoms with van der Waals surface area (Å²) in [6, 6.07) is -0.0775. The Balaban J connectivity index is 2.43. The van der Waals surface area contributed by atoms with Crippen LogP contribution in [0.25, 0.3) is 0 Å². The molecule has 0 aliphatic carbocycles. The second-order valence-electron chi connectivity index (χ2n) is 6.11. The molecule has 0 aromatic rings. The van der Waals surface area contributed by atoms with Crippen molar-refractivity contribution < 1.29 is 19.1 Å². The Hall–Kier alpha value is -1.24. The standard InChI is InChI=1S/C14H24N2O4S/c1-10(17)21-9-12(18)15-11-6-5-7-16(8-11)13(19)20-14(2,3)4/h11H,5-9H2,1-4H3,(H,15,18)/t11-/m0/s1. The highest BCUT2D eigenvalue weighted by molar-refractivity contribution is 8.14. The van der Waals surface area contributed by atoms with E-state index in [0.717, 1.165) is 24.6 Å². The van der Waals surface area contributed by atoms with Crippen molar-refractivity contribution in [1.82, 2.24) is 10.2 Å². The smallest absolute Gasteiger partial charge is 0.410 e. The molecule has 21 heavy (non-hydrogen) atoms. The van der Waals surface area contributed by atoms with E-state index in [9.17, 15) is 14.4 Å². The highest BCUT2D eigenvalue weighted by Gasteiger charge is 2.28. The van der Waals surface area contributed by atoms with Gasteiger partial charge in [-0.1, -0.05) is 11.8 Å². The molecule has 0 saturated carbocycles. The molecule has 120 valence electrons. The molecule has 0 aromatic heterocycles. The van der Waals surface area contributed by atoms with Gasteiger partial charge in [0.2, 0.25) is 5.91 Å². The minimum absolute atomic E-state index is 0.0775. The molecule has 0 radical (unpaired) electrons. The van der Waals surface area contributed by atoms with Crippen LogP contribution in [0, 0.1) is 0 Å². The van der Waals surface area contributed by atoms with Crippen LogP contribution in [0.4, 0.5) is 4.79 Å². The van der Waals surface area contributed by atoms with E-state index < -0.39 is 5.60 Å². The lowest BCUT2D eigenvalue weighted by molar-refractivity contribution is -0.120. The van der Waals surface area contributed by atoms with Crippen LogP contribution < -0.4 is 5.32 Å². The van der Waals surface area contributed by atoms with Crippen molar-refractivity contribution in [3.63, 3.8) is 0 Å². The molecule has 1 saturated heterocycles. The van der Waals surface area contributed by atoms with Crippen molar-refractivity contribution in [2.24, 2.45) is 0 Å². The van der Waals surface area contributed by atoms with Crippen LogP contribution in [0.3, 0.4) is 0 Å². The first-order valence-corrected chi connectivity index (χ1v) is 8.06. The number of ether oxygens (including phenoxy) is 1. The molecule has 0 unspecified atom stereocenters. The number of carbonyl (C=O) groups is 3. The molecule has 0 aromatic carbocycles. The number of nitrogens with zero attached hydrogens (tertiary/aromatic N) is 1. The fourth-order valence-electron chi connectivity index (χ4n) is 2.02. The van der Waals surface area contributed by atoms with Crippen molar-refractivity contribution in [3.05, 3.63) is 0 Å². The highest BCUT2D eigenvalue weighted by Crippen LogP contribution is 2.15. The first-order chi connectivity index (χ1) is 9.67. The summed E-state index contributed by atoms with van der Waals surface area (Å²) >= 11 is 0.987. The summed E-state index contributed by atoms with van der Waals surface area (Å²) < 4.78 is 5.33. The Labute approximate surface area is 130 Å². The normalized spacial score (nSPS) is 19.0. The molecule has 2 amide bonds. The Morgan fingerprint density at radius 2 is 2.00 bits per heavy atom. The van der Waals surface area contributed by atoms with E-state index in [4.69, 9.17) is 4.74 Å². The van der Waals surface area contributed by atoms with Gasteiger partial charge in [-0.05, 0) is 33.6 Å². The largest absolute Gasteiger partial charge is 0.444 e. The third kappa shape index (κ3) is 7.36. The van der Waals surface area contributed by atoms with Gasteiger partial charge in [-0.2, -0.15) is 0 Å². The molecule has 1 atom stereocenters. The van der Waals surface area contributed by atoms with Gasteiger partial charge < -0.3 is 15.0 Å². The third-order valence-corrected chi connectivity index (χ3v) is 3.66. The molecule has 0 bridgehead atoms. The number of hydrogen-bond acceptors (Lipinski definition) is 5. The van der Waals surface area contributed by atoms with Crippen molar-refractivity contribution >= 4 is 28.9 Å². The van der Waals surface area contributed by atoms with Crippen LogP contribution in [-0.2, 0) is 14.3 Å². The number of likely N-dealkylation sites (tertiary alicyclic amines) is 1. The summed E-state index contributed by atoms with van der Waals surface area (Å²) in [5.74, 6) is -0.0515. The Morgan fingerprint density at radius 3 is 2.57 bits per heavy atom. The lowest BCUT2D eigenvalue weighted by atomic mass is 10.1. The van der Waals surface area contributed by atoms with E-state index >= 15 is 0 Å². The van der Waals surface area contributed by atoms with Gasteiger partial charge in [0.1, 0.15) is 5.60 Å². The number of rotatable bonds is 3. The molecule has 1 rings (SSSR count). The SMILES string of the molecule is CC(=O)SCC(=O)N[C@H]1CCCN(C(=O)OC(C)(C)C)C1. The summed E-state index contributed by atoms with van der Waals surface area (Å²) in [6.45, 7) is 8.00. The van der Waals surface area contributed by atoms with Gasteiger partial charge in [-0.15, -0.1) is 0 Å². The minimum Gasteiger partial charge on any atom is -0.444 e. The van der Waals surface area contributed by atoms with Crippen LogP contribution in [-0.4, -0.2) is 52.5 Å². The first kappa shape index (κ1) is 17.8. The molecule has 1 heterocycles. The summed E-state index contributed by atoms with van der Waals surface area (Å²) in [4.78, 5) is 36.2. The second-order valence-corrected chi connectivity index (χ2v) is 7.27. The summed E-state index contributed by atoms with van der Waals surface area (Å²) in [6.07, 6.45) is 1.30. The Morgan fingerprint density at radius 1 is 1.33 bits per heavy atom. The predicted octanol–water partition coefficient (Wildman–Crippen LogP) is 1.78. The van der Waals surface area contributed by atoms with Crippen molar-refractivity contribution in [1.29, 1.82) is 0 Å². The molecular formula is C14H24N2O4S. The van der Waals surface area contributed by atoms with Gasteiger partial charge in [0.15, 0.2) is 5.12 Å². The van der Waals surface area contributed by atoms with Gasteiger partial charge in [0.05, 0.1) is 5.75 Å². The van der Waals surface area contributed by atoms with Crippen LogP contribution in [0.15, 0.2) is 0 Å². The van der Waals surface area contributed by atoms with Crippen molar-refractivity contribution in [2.75, 3.05) is 18.8 Å². The number of piperidine rings is 1. The van der Waals surface area contributed by atoms with Crippen molar-refractivity contribution in [2.45, 2.75) is 52.2 Å². The maximum absolute atomic E-state index is 12.0. The quantitative estimate of drug-likeness (QED) is 0.859. The number of thioether (sulfide) groups is 1. The molecule has 1 aliphatic rings. The van der Waals surface area contributed by atoms with E-state index in [-0.39, 0.29) is 28.9 Å². The number of amides is 2. The fraction of sp³-hybridized carbons (Fsp3) is 0.786. The van der Waals surface area contributed by atoms with E-state index in [2.05, 4.69) is 5.32 Å². The van der Waals surface area contributed by atoms with Gasteiger partial charge in [-0.25, -0.2) is 4.79 Å². The van der Waals surface area contributed by atoms with Crippen molar-refractivity contribution in [3.8, 4) is 0 Å². The summed E-state index contributed by atoms with van der Waals surface area (Å²) in [5.41, 5.74) is -0.522. The highest BCUT2D eigenvalue weighted by atomic mass is 32.2. The van der Waals surface area contributed by atoms with Crippen LogP contribution in [0.5, 0.6) is 0 Å². The molecule has 1 aliphatic heterocycles. The number of nitrogens with one attached hydrogen (secondary N) is 1. The molecule has 6 nitrogen and oxygen atoms in total. The zero-order chi connectivity index (χ0) is 16.0. The fourth-order valence-corrected chi connectivity index (χ4v) is 2.44. The van der Waals surface area contributed by atoms with E-state index in [1.54, 1.807) is 4.90 Å².